The van der Waals surface area contributed by atoms with Gasteiger partial charge in [-0.25, -0.2) is 0 Å². The minimum atomic E-state index is 0.184. The number of hydrogen-bond acceptors (Lipinski definition) is 3. The van der Waals surface area contributed by atoms with Gasteiger partial charge in [0.05, 0.1) is 6.04 Å². The summed E-state index contributed by atoms with van der Waals surface area (Å²) in [5.74, 6) is 1.11. The molecule has 1 amide bonds. The maximum Gasteiger partial charge on any atom is 0.239 e. The summed E-state index contributed by atoms with van der Waals surface area (Å²) >= 11 is 0. The van der Waals surface area contributed by atoms with E-state index in [2.05, 4.69) is 22.0 Å². The molecule has 20 heavy (non-hydrogen) atoms. The Balaban J connectivity index is 1.63. The Morgan fingerprint density at radius 1 is 1.05 bits per heavy atom. The van der Waals surface area contributed by atoms with Crippen molar-refractivity contribution in [2.24, 2.45) is 5.92 Å². The highest BCUT2D eigenvalue weighted by Gasteiger charge is 2.38. The number of rotatable bonds is 2. The quantitative estimate of drug-likeness (QED) is 0.831. The molecule has 4 nitrogen and oxygen atoms in total. The second-order valence-electron chi connectivity index (χ2n) is 6.91. The molecule has 114 valence electrons. The summed E-state index contributed by atoms with van der Waals surface area (Å²) < 4.78 is 0. The van der Waals surface area contributed by atoms with E-state index in [4.69, 9.17) is 0 Å². The lowest BCUT2D eigenvalue weighted by Crippen LogP contribution is -2.53. The third-order valence-corrected chi connectivity index (χ3v) is 5.33. The predicted molar refractivity (Wildman–Crippen MR) is 80.6 cm³/mol. The summed E-state index contributed by atoms with van der Waals surface area (Å²) in [5, 5.41) is 3.43. The molecule has 1 N–H and O–H groups in total. The molecule has 0 saturated carbocycles. The van der Waals surface area contributed by atoms with E-state index in [-0.39, 0.29) is 6.04 Å². The van der Waals surface area contributed by atoms with Gasteiger partial charge in [0.25, 0.3) is 0 Å². The van der Waals surface area contributed by atoms with Crippen LogP contribution in [0.25, 0.3) is 0 Å². The van der Waals surface area contributed by atoms with E-state index in [0.29, 0.717) is 17.9 Å². The van der Waals surface area contributed by atoms with Crippen molar-refractivity contribution in [1.82, 2.24) is 15.1 Å². The van der Waals surface area contributed by atoms with Crippen molar-refractivity contribution in [3.05, 3.63) is 0 Å². The molecule has 2 atom stereocenters. The second kappa shape index (κ2) is 6.44. The molecule has 3 saturated heterocycles. The van der Waals surface area contributed by atoms with Crippen molar-refractivity contribution in [1.29, 1.82) is 0 Å². The predicted octanol–water partition coefficient (Wildman–Crippen LogP) is 1.46. The average molecular weight is 279 g/mol. The lowest BCUT2D eigenvalue weighted by Gasteiger charge is -2.39. The fraction of sp³-hybridized carbons (Fsp3) is 0.938. The number of carbonyl (C=O) groups excluding carboxylic acids is 1. The van der Waals surface area contributed by atoms with E-state index >= 15 is 0 Å². The number of likely N-dealkylation sites (tertiary alicyclic amines) is 2. The maximum absolute atomic E-state index is 12.9. The molecule has 3 rings (SSSR count). The van der Waals surface area contributed by atoms with Crippen molar-refractivity contribution in [3.8, 4) is 0 Å². The first-order valence-corrected chi connectivity index (χ1v) is 8.51. The Hall–Kier alpha value is -0.610. The molecule has 4 heteroatoms. The van der Waals surface area contributed by atoms with Gasteiger partial charge < -0.3 is 10.2 Å². The van der Waals surface area contributed by atoms with Crippen LogP contribution in [0.4, 0.5) is 0 Å². The Labute approximate surface area is 122 Å². The summed E-state index contributed by atoms with van der Waals surface area (Å²) in [6.07, 6.45) is 7.16. The molecule has 3 heterocycles. The number of carbonyl (C=O) groups is 1. The number of nitrogens with one attached hydrogen (secondary N) is 1. The standard InChI is InChI=1S/C16H29N3O/c1-13-4-2-10-18(12-13)16(20)15-5-3-11-19(15)14-6-8-17-9-7-14/h13-15,17H,2-12H2,1H3. The van der Waals surface area contributed by atoms with E-state index in [1.54, 1.807) is 0 Å². The van der Waals surface area contributed by atoms with Crippen LogP contribution in [0.2, 0.25) is 0 Å². The minimum Gasteiger partial charge on any atom is -0.341 e. The van der Waals surface area contributed by atoms with Crippen molar-refractivity contribution in [2.45, 2.75) is 57.5 Å². The summed E-state index contributed by atoms with van der Waals surface area (Å²) in [5.41, 5.74) is 0. The van der Waals surface area contributed by atoms with Crippen molar-refractivity contribution < 1.29 is 4.79 Å². The Morgan fingerprint density at radius 3 is 2.55 bits per heavy atom. The molecule has 3 fully saturated rings. The normalized spacial score (nSPS) is 33.5. The van der Waals surface area contributed by atoms with Gasteiger partial charge in [-0.2, -0.15) is 0 Å². The third-order valence-electron chi connectivity index (χ3n) is 5.33. The van der Waals surface area contributed by atoms with Crippen LogP contribution in [-0.4, -0.2) is 60.5 Å². The number of hydrogen-bond donors (Lipinski definition) is 1. The molecule has 0 spiro atoms. The molecule has 0 bridgehead atoms. The maximum atomic E-state index is 12.9. The molecule has 0 aromatic carbocycles. The van der Waals surface area contributed by atoms with Crippen LogP contribution in [0.15, 0.2) is 0 Å². The van der Waals surface area contributed by atoms with E-state index in [0.717, 1.165) is 39.1 Å². The fourth-order valence-electron chi connectivity index (χ4n) is 4.23. The third kappa shape index (κ3) is 3.01. The highest BCUT2D eigenvalue weighted by molar-refractivity contribution is 5.82. The molecule has 3 aliphatic rings. The zero-order valence-electron chi connectivity index (χ0n) is 12.8. The molecule has 0 aromatic rings. The first-order chi connectivity index (χ1) is 9.75. The number of piperidine rings is 2. The highest BCUT2D eigenvalue weighted by atomic mass is 16.2. The van der Waals surface area contributed by atoms with Crippen molar-refractivity contribution in [3.63, 3.8) is 0 Å². The van der Waals surface area contributed by atoms with Gasteiger partial charge >= 0.3 is 0 Å². The van der Waals surface area contributed by atoms with Gasteiger partial charge in [0.2, 0.25) is 5.91 Å². The summed E-state index contributed by atoms with van der Waals surface area (Å²) in [7, 11) is 0. The van der Waals surface area contributed by atoms with Crippen LogP contribution < -0.4 is 5.32 Å². The minimum absolute atomic E-state index is 0.184. The van der Waals surface area contributed by atoms with Gasteiger partial charge in [0.1, 0.15) is 0 Å². The van der Waals surface area contributed by atoms with Gasteiger partial charge in [0, 0.05) is 19.1 Å². The van der Waals surface area contributed by atoms with E-state index < -0.39 is 0 Å². The first-order valence-electron chi connectivity index (χ1n) is 8.51. The molecule has 3 aliphatic heterocycles. The monoisotopic (exact) mass is 279 g/mol. The number of amides is 1. The SMILES string of the molecule is CC1CCCN(C(=O)C2CCCN2C2CCNCC2)C1. The van der Waals surface area contributed by atoms with Crippen LogP contribution in [0.5, 0.6) is 0 Å². The largest absolute Gasteiger partial charge is 0.341 e. The zero-order chi connectivity index (χ0) is 13.9. The van der Waals surface area contributed by atoms with Gasteiger partial charge in [-0.1, -0.05) is 6.92 Å². The van der Waals surface area contributed by atoms with Gasteiger partial charge in [0.15, 0.2) is 0 Å². The lowest BCUT2D eigenvalue weighted by molar-refractivity contribution is -0.138. The molecule has 0 radical (unpaired) electrons. The molecular weight excluding hydrogens is 250 g/mol. The van der Waals surface area contributed by atoms with Crippen molar-refractivity contribution in [2.75, 3.05) is 32.7 Å². The first kappa shape index (κ1) is 14.3. The lowest BCUT2D eigenvalue weighted by atomic mass is 9.98. The summed E-state index contributed by atoms with van der Waals surface area (Å²) in [6.45, 7) is 7.60. The van der Waals surface area contributed by atoms with Crippen LogP contribution in [0.3, 0.4) is 0 Å². The zero-order valence-corrected chi connectivity index (χ0v) is 12.8. The summed E-state index contributed by atoms with van der Waals surface area (Å²) in [4.78, 5) is 17.5. The van der Waals surface area contributed by atoms with Gasteiger partial charge in [-0.05, 0) is 64.1 Å². The topological polar surface area (TPSA) is 35.6 Å². The van der Waals surface area contributed by atoms with Crippen LogP contribution in [-0.2, 0) is 4.79 Å². The van der Waals surface area contributed by atoms with E-state index in [1.807, 2.05) is 0 Å². The Kier molecular flexibility index (Phi) is 4.61. The molecule has 0 aromatic heterocycles. The Bertz CT molecular complexity index is 341. The number of nitrogens with zero attached hydrogens (tertiary/aromatic N) is 2. The highest BCUT2D eigenvalue weighted by Crippen LogP contribution is 2.27. The van der Waals surface area contributed by atoms with Crippen molar-refractivity contribution >= 4 is 5.91 Å². The van der Waals surface area contributed by atoms with Crippen LogP contribution in [0, 0.1) is 5.92 Å². The molecular formula is C16H29N3O. The molecule has 0 aliphatic carbocycles. The Morgan fingerprint density at radius 2 is 1.80 bits per heavy atom. The van der Waals surface area contributed by atoms with E-state index in [1.165, 1.54) is 32.1 Å². The average Bonchev–Trinajstić information content (AvgIpc) is 2.97. The fourth-order valence-corrected chi connectivity index (χ4v) is 4.23. The molecule has 2 unspecified atom stereocenters. The van der Waals surface area contributed by atoms with Crippen LogP contribution >= 0.6 is 0 Å². The second-order valence-corrected chi connectivity index (χ2v) is 6.91. The van der Waals surface area contributed by atoms with E-state index in [9.17, 15) is 4.79 Å². The summed E-state index contributed by atoms with van der Waals surface area (Å²) in [6, 6.07) is 0.818. The smallest absolute Gasteiger partial charge is 0.239 e. The van der Waals surface area contributed by atoms with Crippen LogP contribution in [0.1, 0.15) is 45.4 Å². The van der Waals surface area contributed by atoms with Gasteiger partial charge in [-0.3, -0.25) is 9.69 Å². The van der Waals surface area contributed by atoms with Gasteiger partial charge in [-0.15, -0.1) is 0 Å².